The SMILES string of the molecule is CCCCCCCC/C=C/C/C=C/C/C=C/CCCC(=O)O[C@H](COC(=O)CCCCCCCCCCCCCCCCCCCCCCC)CO[C@H]1O[C@H](CS(=O)(=O)O)[C@@H](O)C(O)C1O. The Balaban J connectivity index is 2.37. The number of hydrogen-bond donors (Lipinski definition) is 4. The molecule has 13 heteroatoms. The Labute approximate surface area is 401 Å². The van der Waals surface area contributed by atoms with E-state index in [1.165, 1.54) is 148 Å². The average Bonchev–Trinajstić information content (AvgIpc) is 3.28. The number of ether oxygens (including phenoxy) is 4. The highest BCUT2D eigenvalue weighted by atomic mass is 32.2. The van der Waals surface area contributed by atoms with Gasteiger partial charge in [0.2, 0.25) is 0 Å². The maximum absolute atomic E-state index is 12.8. The normalized spacial score (nSPS) is 19.6. The predicted molar refractivity (Wildman–Crippen MR) is 266 cm³/mol. The summed E-state index contributed by atoms with van der Waals surface area (Å²) in [6.07, 6.45) is 42.0. The molecule has 0 aliphatic carbocycles. The van der Waals surface area contributed by atoms with E-state index in [4.69, 9.17) is 18.9 Å². The molecular weight excluding hydrogens is 861 g/mol. The van der Waals surface area contributed by atoms with Crippen LogP contribution in [0.4, 0.5) is 0 Å². The van der Waals surface area contributed by atoms with Crippen LogP contribution in [0.1, 0.15) is 232 Å². The van der Waals surface area contributed by atoms with Gasteiger partial charge in [0.1, 0.15) is 36.8 Å². The largest absolute Gasteiger partial charge is 0.462 e. The Morgan fingerprint density at radius 3 is 1.39 bits per heavy atom. The highest BCUT2D eigenvalue weighted by molar-refractivity contribution is 7.85. The highest BCUT2D eigenvalue weighted by Gasteiger charge is 2.46. The Morgan fingerprint density at radius 1 is 0.515 bits per heavy atom. The van der Waals surface area contributed by atoms with Crippen LogP contribution in [0.3, 0.4) is 0 Å². The van der Waals surface area contributed by atoms with Crippen molar-refractivity contribution < 1.29 is 56.8 Å². The molecule has 0 radical (unpaired) electrons. The van der Waals surface area contributed by atoms with Gasteiger partial charge in [0.05, 0.1) is 6.61 Å². The number of aliphatic hydroxyl groups is 3. The van der Waals surface area contributed by atoms with Gasteiger partial charge in [0.25, 0.3) is 10.1 Å². The average molecular weight is 957 g/mol. The second-order valence-corrected chi connectivity index (χ2v) is 20.0. The van der Waals surface area contributed by atoms with Crippen LogP contribution in [0.5, 0.6) is 0 Å². The zero-order valence-electron chi connectivity index (χ0n) is 41.6. The molecule has 0 aromatic carbocycles. The fourth-order valence-corrected chi connectivity index (χ4v) is 8.80. The van der Waals surface area contributed by atoms with Crippen LogP contribution in [0.25, 0.3) is 0 Å². The summed E-state index contributed by atoms with van der Waals surface area (Å²) in [4.78, 5) is 25.5. The molecule has 1 rings (SSSR count). The summed E-state index contributed by atoms with van der Waals surface area (Å²) in [5.74, 6) is -2.04. The molecule has 0 aromatic heterocycles. The van der Waals surface area contributed by atoms with Gasteiger partial charge in [-0.15, -0.1) is 0 Å². The summed E-state index contributed by atoms with van der Waals surface area (Å²) in [5, 5.41) is 31.0. The Kier molecular flexibility index (Phi) is 40.3. The zero-order valence-corrected chi connectivity index (χ0v) is 42.4. The standard InChI is InChI=1S/C53H96O12S/c1-3-5-7-9-11-13-15-17-19-21-22-23-24-26-27-29-31-33-35-37-39-41-48(54)62-43-46(44-63-53-52(58)51(57)50(56)47(65-53)45-66(59,60)61)64-49(55)42-40-38-36-34-32-30-28-25-20-18-16-14-12-10-8-6-4-2/h18,20,28,30,34,36,46-47,50-53,56-58H,3-17,19,21-27,29,31-33,35,37-45H2,1-2H3,(H,59,60,61)/b20-18+,30-28+,36-34+/t46-,47-,50-,51?,52?,53+/m1/s1. The van der Waals surface area contributed by atoms with E-state index in [1.54, 1.807) is 0 Å². The van der Waals surface area contributed by atoms with Crippen LogP contribution >= 0.6 is 0 Å². The first-order valence-corrected chi connectivity index (χ1v) is 28.2. The first kappa shape index (κ1) is 61.9. The minimum atomic E-state index is -4.61. The van der Waals surface area contributed by atoms with Crippen molar-refractivity contribution in [2.75, 3.05) is 19.0 Å². The minimum absolute atomic E-state index is 0.0946. The molecule has 1 fully saturated rings. The van der Waals surface area contributed by atoms with E-state index in [0.717, 1.165) is 38.5 Å². The van der Waals surface area contributed by atoms with Gasteiger partial charge in [0, 0.05) is 12.8 Å². The van der Waals surface area contributed by atoms with Crippen molar-refractivity contribution >= 4 is 22.1 Å². The number of carbonyl (C=O) groups is 2. The molecule has 0 aromatic rings. The summed E-state index contributed by atoms with van der Waals surface area (Å²) in [7, 11) is -4.61. The van der Waals surface area contributed by atoms with Crippen molar-refractivity contribution in [2.45, 2.75) is 269 Å². The third-order valence-electron chi connectivity index (χ3n) is 12.2. The number of rotatable bonds is 45. The first-order chi connectivity index (χ1) is 32.0. The van der Waals surface area contributed by atoms with E-state index < -0.39 is 71.2 Å². The van der Waals surface area contributed by atoms with Gasteiger partial charge in [-0.2, -0.15) is 8.42 Å². The van der Waals surface area contributed by atoms with Crippen molar-refractivity contribution in [3.8, 4) is 0 Å². The molecule has 0 amide bonds. The molecule has 1 heterocycles. The third kappa shape index (κ3) is 36.9. The van der Waals surface area contributed by atoms with Crippen molar-refractivity contribution in [1.29, 1.82) is 0 Å². The summed E-state index contributed by atoms with van der Waals surface area (Å²) < 4.78 is 54.2. The molecule has 1 aliphatic rings. The fraction of sp³-hybridized carbons (Fsp3) is 0.849. The van der Waals surface area contributed by atoms with E-state index in [1.807, 2.05) is 6.08 Å². The summed E-state index contributed by atoms with van der Waals surface area (Å²) >= 11 is 0. The molecule has 4 N–H and O–H groups in total. The van der Waals surface area contributed by atoms with Gasteiger partial charge < -0.3 is 34.3 Å². The van der Waals surface area contributed by atoms with Crippen molar-refractivity contribution in [2.24, 2.45) is 0 Å². The van der Waals surface area contributed by atoms with Crippen LogP contribution < -0.4 is 0 Å². The molecule has 1 saturated heterocycles. The van der Waals surface area contributed by atoms with E-state index in [2.05, 4.69) is 44.2 Å². The number of hydrogen-bond acceptors (Lipinski definition) is 11. The molecule has 0 spiro atoms. The number of unbranched alkanes of at least 4 members (excludes halogenated alkanes) is 27. The molecule has 0 saturated carbocycles. The molecule has 2 unspecified atom stereocenters. The van der Waals surface area contributed by atoms with E-state index >= 15 is 0 Å². The topological polar surface area (TPSA) is 186 Å². The van der Waals surface area contributed by atoms with Crippen LogP contribution in [0.15, 0.2) is 36.5 Å². The molecule has 6 atom stereocenters. The zero-order chi connectivity index (χ0) is 48.4. The molecule has 12 nitrogen and oxygen atoms in total. The van der Waals surface area contributed by atoms with Gasteiger partial charge in [-0.05, 0) is 44.9 Å². The van der Waals surface area contributed by atoms with Crippen molar-refractivity contribution in [3.63, 3.8) is 0 Å². The lowest BCUT2D eigenvalue weighted by Gasteiger charge is -2.40. The molecule has 66 heavy (non-hydrogen) atoms. The van der Waals surface area contributed by atoms with Crippen LogP contribution in [-0.4, -0.2) is 96.0 Å². The molecular formula is C53H96O12S. The van der Waals surface area contributed by atoms with Crippen molar-refractivity contribution in [1.82, 2.24) is 0 Å². The fourth-order valence-electron chi connectivity index (χ4n) is 8.11. The lowest BCUT2D eigenvalue weighted by Crippen LogP contribution is -2.60. The van der Waals surface area contributed by atoms with Crippen LogP contribution in [-0.2, 0) is 38.7 Å². The summed E-state index contributed by atoms with van der Waals surface area (Å²) in [5.41, 5.74) is 0. The number of esters is 2. The van der Waals surface area contributed by atoms with Crippen LogP contribution in [0.2, 0.25) is 0 Å². The number of aliphatic hydroxyl groups excluding tert-OH is 3. The third-order valence-corrected chi connectivity index (χ3v) is 13.0. The smallest absolute Gasteiger partial charge is 0.306 e. The van der Waals surface area contributed by atoms with E-state index in [-0.39, 0.29) is 19.4 Å². The lowest BCUT2D eigenvalue weighted by molar-refractivity contribution is -0.297. The van der Waals surface area contributed by atoms with E-state index in [0.29, 0.717) is 19.3 Å². The van der Waals surface area contributed by atoms with Gasteiger partial charge >= 0.3 is 11.9 Å². The molecule has 386 valence electrons. The maximum Gasteiger partial charge on any atom is 0.306 e. The first-order valence-electron chi connectivity index (χ1n) is 26.5. The number of carbonyl (C=O) groups excluding carboxylic acids is 2. The second kappa shape index (κ2) is 42.9. The van der Waals surface area contributed by atoms with Crippen molar-refractivity contribution in [3.05, 3.63) is 36.5 Å². The molecule has 1 aliphatic heterocycles. The number of allylic oxidation sites excluding steroid dienone is 6. The molecule has 0 bridgehead atoms. The van der Waals surface area contributed by atoms with E-state index in [9.17, 15) is 37.9 Å². The quantitative estimate of drug-likeness (QED) is 0.0196. The Bertz CT molecular complexity index is 1350. The minimum Gasteiger partial charge on any atom is -0.462 e. The second-order valence-electron chi connectivity index (χ2n) is 18.5. The Morgan fingerprint density at radius 2 is 0.924 bits per heavy atom. The summed E-state index contributed by atoms with van der Waals surface area (Å²) in [6.45, 7) is 3.75. The predicted octanol–water partition coefficient (Wildman–Crippen LogP) is 12.1. The van der Waals surface area contributed by atoms with Gasteiger partial charge in [0.15, 0.2) is 12.4 Å². The van der Waals surface area contributed by atoms with Gasteiger partial charge in [-0.3, -0.25) is 14.1 Å². The van der Waals surface area contributed by atoms with Crippen LogP contribution in [0, 0.1) is 0 Å². The summed E-state index contributed by atoms with van der Waals surface area (Å²) in [6, 6.07) is 0. The van der Waals surface area contributed by atoms with Gasteiger partial charge in [-0.25, -0.2) is 0 Å². The lowest BCUT2D eigenvalue weighted by atomic mass is 10.00. The monoisotopic (exact) mass is 957 g/mol. The Hall–Kier alpha value is -2.13. The highest BCUT2D eigenvalue weighted by Crippen LogP contribution is 2.24. The maximum atomic E-state index is 12.8. The van der Waals surface area contributed by atoms with Gasteiger partial charge in [-0.1, -0.05) is 211 Å².